The summed E-state index contributed by atoms with van der Waals surface area (Å²) in [6.07, 6.45) is 0.973. The number of alkyl halides is 1. The first-order valence-electron chi connectivity index (χ1n) is 3.92. The van der Waals surface area contributed by atoms with Gasteiger partial charge in [0.05, 0.1) is 5.69 Å². The molecule has 1 aliphatic heterocycles. The SMILES string of the molecule is Fc1cccc2c1NCC(I)C2. The Bertz CT molecular complexity index is 301. The van der Waals surface area contributed by atoms with Crippen LogP contribution in [0.25, 0.3) is 0 Å². The van der Waals surface area contributed by atoms with Crippen molar-refractivity contribution < 1.29 is 4.39 Å². The number of halogens is 2. The average molecular weight is 277 g/mol. The second-order valence-corrected chi connectivity index (χ2v) is 4.72. The molecule has 1 aromatic rings. The Morgan fingerprint density at radius 1 is 1.50 bits per heavy atom. The minimum absolute atomic E-state index is 0.129. The van der Waals surface area contributed by atoms with Crippen LogP contribution in [0.15, 0.2) is 18.2 Å². The maximum absolute atomic E-state index is 13.1. The van der Waals surface area contributed by atoms with E-state index in [1.165, 1.54) is 6.07 Å². The third-order valence-electron chi connectivity index (χ3n) is 2.04. The highest BCUT2D eigenvalue weighted by Crippen LogP contribution is 2.27. The lowest BCUT2D eigenvalue weighted by molar-refractivity contribution is 0.624. The van der Waals surface area contributed by atoms with Crippen molar-refractivity contribution in [2.24, 2.45) is 0 Å². The zero-order valence-corrected chi connectivity index (χ0v) is 8.64. The van der Waals surface area contributed by atoms with E-state index in [4.69, 9.17) is 0 Å². The van der Waals surface area contributed by atoms with E-state index in [0.29, 0.717) is 9.61 Å². The molecular formula is C9H9FIN. The summed E-state index contributed by atoms with van der Waals surface area (Å²) >= 11 is 2.38. The van der Waals surface area contributed by atoms with Gasteiger partial charge in [-0.15, -0.1) is 0 Å². The zero-order valence-electron chi connectivity index (χ0n) is 6.48. The number of anilines is 1. The predicted molar refractivity (Wildman–Crippen MR) is 56.4 cm³/mol. The van der Waals surface area contributed by atoms with Crippen LogP contribution in [0.1, 0.15) is 5.56 Å². The Morgan fingerprint density at radius 3 is 3.17 bits per heavy atom. The molecule has 1 aromatic carbocycles. The molecule has 1 N–H and O–H groups in total. The minimum Gasteiger partial charge on any atom is -0.381 e. The number of para-hydroxylation sites is 1. The molecule has 3 heteroatoms. The van der Waals surface area contributed by atoms with Gasteiger partial charge in [0, 0.05) is 10.5 Å². The van der Waals surface area contributed by atoms with Crippen LogP contribution in [0.5, 0.6) is 0 Å². The Morgan fingerprint density at radius 2 is 2.33 bits per heavy atom. The third kappa shape index (κ3) is 1.42. The molecule has 0 aromatic heterocycles. The Labute approximate surface area is 84.5 Å². The van der Waals surface area contributed by atoms with Crippen molar-refractivity contribution in [1.82, 2.24) is 0 Å². The molecule has 0 spiro atoms. The van der Waals surface area contributed by atoms with E-state index >= 15 is 0 Å². The van der Waals surface area contributed by atoms with Crippen molar-refractivity contribution in [3.8, 4) is 0 Å². The number of rotatable bonds is 0. The van der Waals surface area contributed by atoms with Crippen LogP contribution in [-0.2, 0) is 6.42 Å². The third-order valence-corrected chi connectivity index (χ3v) is 2.92. The summed E-state index contributed by atoms with van der Waals surface area (Å²) in [6.45, 7) is 0.870. The molecule has 1 atom stereocenters. The van der Waals surface area contributed by atoms with Gasteiger partial charge in [-0.25, -0.2) is 4.39 Å². The van der Waals surface area contributed by atoms with Gasteiger partial charge < -0.3 is 5.32 Å². The molecule has 1 aliphatic rings. The van der Waals surface area contributed by atoms with E-state index in [2.05, 4.69) is 27.9 Å². The van der Waals surface area contributed by atoms with Crippen molar-refractivity contribution in [3.63, 3.8) is 0 Å². The first-order valence-corrected chi connectivity index (χ1v) is 5.17. The van der Waals surface area contributed by atoms with Crippen LogP contribution in [-0.4, -0.2) is 10.5 Å². The van der Waals surface area contributed by atoms with E-state index in [1.807, 2.05) is 6.07 Å². The van der Waals surface area contributed by atoms with Crippen molar-refractivity contribution >= 4 is 28.3 Å². The standard InChI is InChI=1S/C9H9FIN/c10-8-3-1-2-6-4-7(11)5-12-9(6)8/h1-3,7,12H,4-5H2. The number of benzene rings is 1. The van der Waals surface area contributed by atoms with Gasteiger partial charge >= 0.3 is 0 Å². The van der Waals surface area contributed by atoms with Gasteiger partial charge in [0.1, 0.15) is 5.82 Å². The van der Waals surface area contributed by atoms with Gasteiger partial charge in [0.15, 0.2) is 0 Å². The molecular weight excluding hydrogens is 268 g/mol. The highest BCUT2D eigenvalue weighted by atomic mass is 127. The summed E-state index contributed by atoms with van der Waals surface area (Å²) in [5, 5.41) is 3.10. The average Bonchev–Trinajstić information content (AvgIpc) is 2.04. The molecule has 0 bridgehead atoms. The smallest absolute Gasteiger partial charge is 0.146 e. The van der Waals surface area contributed by atoms with Crippen LogP contribution in [0, 0.1) is 5.82 Å². The molecule has 1 nitrogen and oxygen atoms in total. The van der Waals surface area contributed by atoms with Gasteiger partial charge in [0.25, 0.3) is 0 Å². The van der Waals surface area contributed by atoms with Crippen molar-refractivity contribution in [1.29, 1.82) is 0 Å². The number of fused-ring (bicyclic) bond motifs is 1. The van der Waals surface area contributed by atoms with Crippen molar-refractivity contribution in [2.75, 3.05) is 11.9 Å². The minimum atomic E-state index is -0.129. The zero-order chi connectivity index (χ0) is 8.55. The fraction of sp³-hybridized carbons (Fsp3) is 0.333. The van der Waals surface area contributed by atoms with E-state index in [9.17, 15) is 4.39 Å². The van der Waals surface area contributed by atoms with Crippen LogP contribution < -0.4 is 5.32 Å². The van der Waals surface area contributed by atoms with Crippen LogP contribution in [0.4, 0.5) is 10.1 Å². The van der Waals surface area contributed by atoms with Crippen LogP contribution in [0.2, 0.25) is 0 Å². The second-order valence-electron chi connectivity index (χ2n) is 2.96. The van der Waals surface area contributed by atoms with Gasteiger partial charge in [0.2, 0.25) is 0 Å². The normalized spacial score (nSPS) is 21.3. The van der Waals surface area contributed by atoms with Gasteiger partial charge in [-0.3, -0.25) is 0 Å². The molecule has 12 heavy (non-hydrogen) atoms. The molecule has 0 amide bonds. The summed E-state index contributed by atoms with van der Waals surface area (Å²) in [6, 6.07) is 5.25. The Hall–Kier alpha value is -0.320. The molecule has 0 saturated carbocycles. The molecule has 0 radical (unpaired) electrons. The lowest BCUT2D eigenvalue weighted by Crippen LogP contribution is -2.23. The van der Waals surface area contributed by atoms with Gasteiger partial charge in [-0.2, -0.15) is 0 Å². The lowest BCUT2D eigenvalue weighted by atomic mass is 10.0. The van der Waals surface area contributed by atoms with E-state index in [0.717, 1.165) is 18.5 Å². The maximum Gasteiger partial charge on any atom is 0.146 e. The summed E-state index contributed by atoms with van der Waals surface area (Å²) in [5.41, 5.74) is 1.80. The molecule has 0 aliphatic carbocycles. The monoisotopic (exact) mass is 277 g/mol. The number of nitrogens with one attached hydrogen (secondary N) is 1. The largest absolute Gasteiger partial charge is 0.381 e. The fourth-order valence-electron chi connectivity index (χ4n) is 1.46. The quantitative estimate of drug-likeness (QED) is 0.567. The second kappa shape index (κ2) is 3.20. The predicted octanol–water partition coefficient (Wildman–Crippen LogP) is 2.60. The summed E-state index contributed by atoms with van der Waals surface area (Å²) in [4.78, 5) is 0. The highest BCUT2D eigenvalue weighted by Gasteiger charge is 2.17. The molecule has 0 saturated heterocycles. The van der Waals surface area contributed by atoms with Gasteiger partial charge in [-0.05, 0) is 18.1 Å². The van der Waals surface area contributed by atoms with E-state index < -0.39 is 0 Å². The first kappa shape index (κ1) is 8.29. The molecule has 2 rings (SSSR count). The molecule has 1 unspecified atom stereocenters. The Balaban J connectivity index is 2.42. The highest BCUT2D eigenvalue weighted by molar-refractivity contribution is 14.1. The van der Waals surface area contributed by atoms with Crippen LogP contribution in [0.3, 0.4) is 0 Å². The summed E-state index contributed by atoms with van der Waals surface area (Å²) < 4.78 is 13.7. The molecule has 64 valence electrons. The van der Waals surface area contributed by atoms with E-state index in [-0.39, 0.29) is 5.82 Å². The molecule has 0 fully saturated rings. The van der Waals surface area contributed by atoms with Gasteiger partial charge in [-0.1, -0.05) is 34.7 Å². The first-order chi connectivity index (χ1) is 5.77. The van der Waals surface area contributed by atoms with Crippen molar-refractivity contribution in [2.45, 2.75) is 10.3 Å². The van der Waals surface area contributed by atoms with E-state index in [1.54, 1.807) is 6.07 Å². The molecule has 1 heterocycles. The van der Waals surface area contributed by atoms with Crippen LogP contribution >= 0.6 is 22.6 Å². The number of hydrogen-bond acceptors (Lipinski definition) is 1. The fourth-order valence-corrected chi connectivity index (χ4v) is 2.16. The summed E-state index contributed by atoms with van der Waals surface area (Å²) in [7, 11) is 0. The number of hydrogen-bond donors (Lipinski definition) is 1. The lowest BCUT2D eigenvalue weighted by Gasteiger charge is -2.22. The Kier molecular flexibility index (Phi) is 2.21. The van der Waals surface area contributed by atoms with Crippen molar-refractivity contribution in [3.05, 3.63) is 29.6 Å². The maximum atomic E-state index is 13.1. The summed E-state index contributed by atoms with van der Waals surface area (Å²) in [5.74, 6) is -0.129. The topological polar surface area (TPSA) is 12.0 Å².